The third-order valence-corrected chi connectivity index (χ3v) is 2.59. The van der Waals surface area contributed by atoms with Crippen LogP contribution in [0.25, 0.3) is 0 Å². The molecular formula is C13H15N3O3. The van der Waals surface area contributed by atoms with Crippen molar-refractivity contribution < 1.29 is 14.3 Å². The van der Waals surface area contributed by atoms with Crippen molar-refractivity contribution in [3.63, 3.8) is 0 Å². The molecule has 1 heterocycles. The van der Waals surface area contributed by atoms with Crippen LogP contribution in [0.5, 0.6) is 11.5 Å². The van der Waals surface area contributed by atoms with Crippen LogP contribution in [0.1, 0.15) is 16.3 Å². The fourth-order valence-electron chi connectivity index (χ4n) is 1.65. The van der Waals surface area contributed by atoms with Crippen molar-refractivity contribution in [2.24, 2.45) is 0 Å². The highest BCUT2D eigenvalue weighted by atomic mass is 16.5. The maximum Gasteiger partial charge on any atom is 0.273 e. The van der Waals surface area contributed by atoms with E-state index in [-0.39, 0.29) is 5.91 Å². The maximum absolute atomic E-state index is 11.9. The number of hydrogen-bond donors (Lipinski definition) is 2. The standard InChI is InChI=1S/C13H15N3O3/c1-8-14-7-10(15-8)13(17)16-9-4-5-11(18-2)12(6-9)19-3/h4-7H,1-3H3,(H,14,15)(H,16,17). The van der Waals surface area contributed by atoms with Gasteiger partial charge in [-0.25, -0.2) is 4.98 Å². The summed E-state index contributed by atoms with van der Waals surface area (Å²) in [7, 11) is 3.10. The first-order chi connectivity index (χ1) is 9.13. The van der Waals surface area contributed by atoms with Gasteiger partial charge in [0.1, 0.15) is 11.5 Å². The van der Waals surface area contributed by atoms with Crippen molar-refractivity contribution in [3.8, 4) is 11.5 Å². The van der Waals surface area contributed by atoms with E-state index in [1.165, 1.54) is 6.20 Å². The smallest absolute Gasteiger partial charge is 0.273 e. The van der Waals surface area contributed by atoms with E-state index < -0.39 is 0 Å². The first kappa shape index (κ1) is 12.9. The van der Waals surface area contributed by atoms with Crippen LogP contribution < -0.4 is 14.8 Å². The van der Waals surface area contributed by atoms with Gasteiger partial charge in [-0.3, -0.25) is 4.79 Å². The van der Waals surface area contributed by atoms with Crippen LogP contribution in [-0.4, -0.2) is 30.1 Å². The van der Waals surface area contributed by atoms with Crippen LogP contribution in [0.2, 0.25) is 0 Å². The van der Waals surface area contributed by atoms with Gasteiger partial charge in [0.15, 0.2) is 11.5 Å². The molecule has 1 aromatic heterocycles. The lowest BCUT2D eigenvalue weighted by atomic mass is 10.2. The van der Waals surface area contributed by atoms with E-state index in [9.17, 15) is 4.79 Å². The summed E-state index contributed by atoms with van der Waals surface area (Å²) in [6, 6.07) is 5.16. The van der Waals surface area contributed by atoms with E-state index in [2.05, 4.69) is 15.3 Å². The van der Waals surface area contributed by atoms with E-state index in [4.69, 9.17) is 9.47 Å². The largest absolute Gasteiger partial charge is 0.493 e. The predicted octanol–water partition coefficient (Wildman–Crippen LogP) is 1.99. The quantitative estimate of drug-likeness (QED) is 0.882. The zero-order valence-electron chi connectivity index (χ0n) is 11.0. The van der Waals surface area contributed by atoms with E-state index >= 15 is 0 Å². The molecule has 0 fully saturated rings. The van der Waals surface area contributed by atoms with Gasteiger partial charge in [-0.2, -0.15) is 0 Å². The number of rotatable bonds is 4. The molecule has 1 amide bonds. The number of carbonyl (C=O) groups is 1. The molecule has 6 heteroatoms. The van der Waals surface area contributed by atoms with Crippen molar-refractivity contribution in [2.75, 3.05) is 19.5 Å². The van der Waals surface area contributed by atoms with Crippen LogP contribution in [0.4, 0.5) is 5.69 Å². The number of carbonyl (C=O) groups excluding carboxylic acids is 1. The molecule has 0 bridgehead atoms. The molecule has 0 unspecified atom stereocenters. The fourth-order valence-corrected chi connectivity index (χ4v) is 1.65. The Labute approximate surface area is 110 Å². The molecule has 2 rings (SSSR count). The molecule has 0 aliphatic heterocycles. The molecule has 2 aromatic rings. The minimum Gasteiger partial charge on any atom is -0.493 e. The van der Waals surface area contributed by atoms with Crippen LogP contribution in [-0.2, 0) is 0 Å². The number of aromatic nitrogens is 2. The Morgan fingerprint density at radius 1 is 1.26 bits per heavy atom. The van der Waals surface area contributed by atoms with Gasteiger partial charge in [-0.1, -0.05) is 0 Å². The molecule has 0 aliphatic rings. The number of methoxy groups -OCH3 is 2. The number of hydrogen-bond acceptors (Lipinski definition) is 4. The Bertz CT molecular complexity index is 593. The number of aryl methyl sites for hydroxylation is 1. The summed E-state index contributed by atoms with van der Waals surface area (Å²) in [6.07, 6.45) is 1.49. The summed E-state index contributed by atoms with van der Waals surface area (Å²) in [4.78, 5) is 18.8. The van der Waals surface area contributed by atoms with Gasteiger partial charge in [-0.05, 0) is 19.1 Å². The molecule has 100 valence electrons. The van der Waals surface area contributed by atoms with Crippen LogP contribution in [0.15, 0.2) is 24.4 Å². The number of benzene rings is 1. The molecule has 0 saturated carbocycles. The third kappa shape index (κ3) is 2.85. The number of amides is 1. The van der Waals surface area contributed by atoms with Crippen LogP contribution >= 0.6 is 0 Å². The topological polar surface area (TPSA) is 76.2 Å². The zero-order chi connectivity index (χ0) is 13.8. The lowest BCUT2D eigenvalue weighted by molar-refractivity contribution is 0.102. The molecule has 0 aliphatic carbocycles. The minimum atomic E-state index is -0.257. The van der Waals surface area contributed by atoms with Crippen LogP contribution in [0, 0.1) is 6.92 Å². The predicted molar refractivity (Wildman–Crippen MR) is 70.8 cm³/mol. The molecule has 0 radical (unpaired) electrons. The number of nitrogens with one attached hydrogen (secondary N) is 2. The lowest BCUT2D eigenvalue weighted by Gasteiger charge is -2.10. The average Bonchev–Trinajstić information content (AvgIpc) is 2.85. The highest BCUT2D eigenvalue weighted by Crippen LogP contribution is 2.29. The Morgan fingerprint density at radius 3 is 2.58 bits per heavy atom. The Hall–Kier alpha value is -2.50. The summed E-state index contributed by atoms with van der Waals surface area (Å²) in [5.74, 6) is 1.60. The molecule has 2 N–H and O–H groups in total. The molecule has 6 nitrogen and oxygen atoms in total. The van der Waals surface area contributed by atoms with Gasteiger partial charge in [0.25, 0.3) is 5.91 Å². The van der Waals surface area contributed by atoms with Gasteiger partial charge in [0, 0.05) is 11.8 Å². The number of H-pyrrole nitrogens is 1. The molecule has 0 spiro atoms. The van der Waals surface area contributed by atoms with Gasteiger partial charge in [0.05, 0.1) is 20.4 Å². The molecule has 1 aromatic carbocycles. The van der Waals surface area contributed by atoms with Gasteiger partial charge < -0.3 is 19.8 Å². The van der Waals surface area contributed by atoms with Gasteiger partial charge in [-0.15, -0.1) is 0 Å². The highest BCUT2D eigenvalue weighted by molar-refractivity contribution is 6.02. The van der Waals surface area contributed by atoms with E-state index in [0.29, 0.717) is 28.7 Å². The first-order valence-corrected chi connectivity index (χ1v) is 5.69. The second-order valence-electron chi connectivity index (χ2n) is 3.91. The van der Waals surface area contributed by atoms with Crippen molar-refractivity contribution in [1.82, 2.24) is 9.97 Å². The third-order valence-electron chi connectivity index (χ3n) is 2.59. The van der Waals surface area contributed by atoms with Crippen molar-refractivity contribution in [2.45, 2.75) is 6.92 Å². The average molecular weight is 261 g/mol. The second kappa shape index (κ2) is 5.43. The summed E-state index contributed by atoms with van der Waals surface area (Å²) in [6.45, 7) is 1.78. The first-order valence-electron chi connectivity index (χ1n) is 5.69. The van der Waals surface area contributed by atoms with E-state index in [0.717, 1.165) is 0 Å². The van der Waals surface area contributed by atoms with E-state index in [1.54, 1.807) is 39.3 Å². The van der Waals surface area contributed by atoms with Crippen molar-refractivity contribution >= 4 is 11.6 Å². The molecule has 0 saturated heterocycles. The number of imidazole rings is 1. The Morgan fingerprint density at radius 2 is 2.00 bits per heavy atom. The summed E-state index contributed by atoms with van der Waals surface area (Å²) >= 11 is 0. The van der Waals surface area contributed by atoms with Crippen LogP contribution in [0.3, 0.4) is 0 Å². The van der Waals surface area contributed by atoms with E-state index in [1.807, 2.05) is 0 Å². The molecule has 19 heavy (non-hydrogen) atoms. The number of nitrogens with zero attached hydrogens (tertiary/aromatic N) is 1. The Balaban J connectivity index is 2.17. The second-order valence-corrected chi connectivity index (χ2v) is 3.91. The van der Waals surface area contributed by atoms with Crippen molar-refractivity contribution in [3.05, 3.63) is 35.9 Å². The molecular weight excluding hydrogens is 246 g/mol. The zero-order valence-corrected chi connectivity index (χ0v) is 11.0. The monoisotopic (exact) mass is 261 g/mol. The number of ether oxygens (including phenoxy) is 2. The minimum absolute atomic E-state index is 0.257. The number of anilines is 1. The van der Waals surface area contributed by atoms with Gasteiger partial charge in [0.2, 0.25) is 0 Å². The normalized spacial score (nSPS) is 10.1. The highest BCUT2D eigenvalue weighted by Gasteiger charge is 2.10. The maximum atomic E-state index is 11.9. The summed E-state index contributed by atoms with van der Waals surface area (Å²) in [5, 5.41) is 2.75. The fraction of sp³-hybridized carbons (Fsp3) is 0.231. The van der Waals surface area contributed by atoms with Gasteiger partial charge >= 0.3 is 0 Å². The number of aromatic amines is 1. The molecule has 0 atom stereocenters. The van der Waals surface area contributed by atoms with Crippen molar-refractivity contribution in [1.29, 1.82) is 0 Å². The summed E-state index contributed by atoms with van der Waals surface area (Å²) < 4.78 is 10.3. The lowest BCUT2D eigenvalue weighted by Crippen LogP contribution is -2.12. The Kier molecular flexibility index (Phi) is 3.70. The SMILES string of the molecule is COc1ccc(NC(=O)c2cnc(C)[nH]2)cc1OC. The summed E-state index contributed by atoms with van der Waals surface area (Å²) in [5.41, 5.74) is 1.03.